The summed E-state index contributed by atoms with van der Waals surface area (Å²) < 4.78 is 11.1. The molecule has 0 aromatic rings. The van der Waals surface area contributed by atoms with Crippen LogP contribution in [-0.4, -0.2) is 88.5 Å². The number of nitrogens with one attached hydrogen (secondary N) is 1. The van der Waals surface area contributed by atoms with Crippen LogP contribution in [0.25, 0.3) is 0 Å². The molecule has 1 aliphatic heterocycles. The van der Waals surface area contributed by atoms with Crippen LogP contribution in [0.3, 0.4) is 0 Å². The van der Waals surface area contributed by atoms with E-state index in [1.165, 1.54) is 19.4 Å². The van der Waals surface area contributed by atoms with Crippen LogP contribution in [0.2, 0.25) is 0 Å². The van der Waals surface area contributed by atoms with Gasteiger partial charge in [-0.05, 0) is 31.8 Å². The molecule has 148 valence electrons. The van der Waals surface area contributed by atoms with E-state index >= 15 is 0 Å². The number of guanidine groups is 1. The molecular formula is C19H40N4O2. The highest BCUT2D eigenvalue weighted by atomic mass is 16.5. The van der Waals surface area contributed by atoms with Crippen LogP contribution in [0, 0.1) is 5.92 Å². The quantitative estimate of drug-likeness (QED) is 0.311. The van der Waals surface area contributed by atoms with Gasteiger partial charge in [-0.25, -0.2) is 0 Å². The molecule has 0 radical (unpaired) electrons. The number of ether oxygens (including phenoxy) is 2. The van der Waals surface area contributed by atoms with Crippen molar-refractivity contribution in [2.24, 2.45) is 10.9 Å². The summed E-state index contributed by atoms with van der Waals surface area (Å²) in [6.45, 7) is 16.0. The second-order valence-electron chi connectivity index (χ2n) is 6.64. The van der Waals surface area contributed by atoms with Gasteiger partial charge in [-0.1, -0.05) is 27.2 Å². The van der Waals surface area contributed by atoms with Crippen molar-refractivity contribution in [1.82, 2.24) is 15.1 Å². The lowest BCUT2D eigenvalue weighted by Crippen LogP contribution is -2.42. The number of hydrogen-bond acceptors (Lipinski definition) is 4. The first-order valence-corrected chi connectivity index (χ1v) is 10.1. The number of likely N-dealkylation sites (tertiary alicyclic amines) is 1. The van der Waals surface area contributed by atoms with Crippen molar-refractivity contribution < 1.29 is 9.47 Å². The molecule has 6 nitrogen and oxygen atoms in total. The summed E-state index contributed by atoms with van der Waals surface area (Å²) in [5.74, 6) is 1.75. The highest BCUT2D eigenvalue weighted by Crippen LogP contribution is 2.17. The van der Waals surface area contributed by atoms with Crippen LogP contribution in [0.1, 0.15) is 40.0 Å². The van der Waals surface area contributed by atoms with Crippen LogP contribution < -0.4 is 5.32 Å². The largest absolute Gasteiger partial charge is 0.379 e. The second-order valence-corrected chi connectivity index (χ2v) is 6.64. The van der Waals surface area contributed by atoms with Crippen LogP contribution in [0.15, 0.2) is 4.99 Å². The Kier molecular flexibility index (Phi) is 12.7. The zero-order valence-corrected chi connectivity index (χ0v) is 16.9. The molecule has 0 aromatic heterocycles. The minimum atomic E-state index is 0.666. The minimum absolute atomic E-state index is 0.666. The normalized spacial score (nSPS) is 18.4. The molecule has 6 heteroatoms. The van der Waals surface area contributed by atoms with Crippen LogP contribution in [0.5, 0.6) is 0 Å². The predicted octanol–water partition coefficient (Wildman–Crippen LogP) is 2.06. The lowest BCUT2D eigenvalue weighted by atomic mass is 10.1. The summed E-state index contributed by atoms with van der Waals surface area (Å²) in [4.78, 5) is 9.32. The van der Waals surface area contributed by atoms with Crippen LogP contribution in [-0.2, 0) is 9.47 Å². The van der Waals surface area contributed by atoms with Crippen LogP contribution in [0.4, 0.5) is 0 Å². The van der Waals surface area contributed by atoms with Crippen molar-refractivity contribution in [3.8, 4) is 0 Å². The molecule has 25 heavy (non-hydrogen) atoms. The van der Waals surface area contributed by atoms with E-state index in [1.54, 1.807) is 0 Å². The topological polar surface area (TPSA) is 49.3 Å². The number of rotatable bonds is 13. The molecule has 0 amide bonds. The van der Waals surface area contributed by atoms with Gasteiger partial charge < -0.3 is 24.6 Å². The molecule has 0 aliphatic carbocycles. The van der Waals surface area contributed by atoms with Gasteiger partial charge in [-0.15, -0.1) is 0 Å². The monoisotopic (exact) mass is 356 g/mol. The van der Waals surface area contributed by atoms with E-state index in [-0.39, 0.29) is 0 Å². The number of hydrogen-bond donors (Lipinski definition) is 1. The molecule has 1 N–H and O–H groups in total. The Bertz CT molecular complexity index is 348. The van der Waals surface area contributed by atoms with Crippen molar-refractivity contribution in [1.29, 1.82) is 0 Å². The van der Waals surface area contributed by atoms with Gasteiger partial charge in [-0.2, -0.15) is 0 Å². The molecule has 1 atom stereocenters. The summed E-state index contributed by atoms with van der Waals surface area (Å²) >= 11 is 0. The Morgan fingerprint density at radius 1 is 1.12 bits per heavy atom. The van der Waals surface area contributed by atoms with Gasteiger partial charge in [0.05, 0.1) is 19.8 Å². The Hall–Kier alpha value is -0.850. The van der Waals surface area contributed by atoms with Gasteiger partial charge in [0.25, 0.3) is 0 Å². The maximum atomic E-state index is 5.61. The maximum absolute atomic E-state index is 5.61. The maximum Gasteiger partial charge on any atom is 0.193 e. The summed E-state index contributed by atoms with van der Waals surface area (Å²) in [6.07, 6.45) is 3.56. The second kappa shape index (κ2) is 14.3. The molecular weight excluding hydrogens is 316 g/mol. The van der Waals surface area contributed by atoms with Gasteiger partial charge in [0.2, 0.25) is 0 Å². The lowest BCUT2D eigenvalue weighted by molar-refractivity contribution is 0.0486. The molecule has 1 heterocycles. The molecule has 1 rings (SSSR count). The fourth-order valence-corrected chi connectivity index (χ4v) is 3.16. The van der Waals surface area contributed by atoms with E-state index in [2.05, 4.69) is 40.9 Å². The molecule has 1 aliphatic rings. The molecule has 1 saturated heterocycles. The third kappa shape index (κ3) is 9.42. The summed E-state index contributed by atoms with van der Waals surface area (Å²) in [5.41, 5.74) is 0. The fraction of sp³-hybridized carbons (Fsp3) is 0.947. The Labute approximate surface area is 154 Å². The van der Waals surface area contributed by atoms with Gasteiger partial charge >= 0.3 is 0 Å². The van der Waals surface area contributed by atoms with Crippen molar-refractivity contribution in [3.63, 3.8) is 0 Å². The first kappa shape index (κ1) is 22.2. The van der Waals surface area contributed by atoms with E-state index in [4.69, 9.17) is 9.47 Å². The third-order valence-electron chi connectivity index (χ3n) is 4.75. The van der Waals surface area contributed by atoms with Gasteiger partial charge in [0.15, 0.2) is 5.96 Å². The van der Waals surface area contributed by atoms with E-state index in [0.29, 0.717) is 19.8 Å². The van der Waals surface area contributed by atoms with E-state index in [0.717, 1.165) is 57.6 Å². The Morgan fingerprint density at radius 2 is 1.84 bits per heavy atom. The smallest absolute Gasteiger partial charge is 0.193 e. The van der Waals surface area contributed by atoms with Gasteiger partial charge in [0, 0.05) is 39.8 Å². The molecule has 1 unspecified atom stereocenters. The Morgan fingerprint density at radius 3 is 2.48 bits per heavy atom. The van der Waals surface area contributed by atoms with Gasteiger partial charge in [0.1, 0.15) is 0 Å². The average Bonchev–Trinajstić information content (AvgIpc) is 3.09. The first-order valence-electron chi connectivity index (χ1n) is 10.1. The number of nitrogens with zero attached hydrogens (tertiary/aromatic N) is 3. The molecule has 0 aromatic carbocycles. The molecule has 1 fully saturated rings. The highest BCUT2D eigenvalue weighted by Gasteiger charge is 2.25. The summed E-state index contributed by atoms with van der Waals surface area (Å²) in [6, 6.07) is 0. The zero-order chi connectivity index (χ0) is 18.3. The highest BCUT2D eigenvalue weighted by molar-refractivity contribution is 5.80. The van der Waals surface area contributed by atoms with E-state index < -0.39 is 0 Å². The van der Waals surface area contributed by atoms with E-state index in [1.807, 2.05) is 7.05 Å². The average molecular weight is 357 g/mol. The number of aliphatic imine (C=N–C) groups is 1. The van der Waals surface area contributed by atoms with Crippen molar-refractivity contribution >= 4 is 5.96 Å². The number of unbranched alkanes of at least 4 members (excludes halogenated alkanes) is 1. The predicted molar refractivity (Wildman–Crippen MR) is 105 cm³/mol. The van der Waals surface area contributed by atoms with Crippen LogP contribution >= 0.6 is 0 Å². The molecule has 0 bridgehead atoms. The lowest BCUT2D eigenvalue weighted by Gasteiger charge is -2.24. The SMILES string of the molecule is CCCCOCCOCCNC(=NC)N1CCC(CN(CC)CC)C1. The minimum Gasteiger partial charge on any atom is -0.379 e. The Balaban J connectivity index is 2.12. The summed E-state index contributed by atoms with van der Waals surface area (Å²) in [7, 11) is 1.86. The standard InChI is InChI=1S/C19H40N4O2/c1-5-8-12-24-14-15-25-13-10-21-19(20-4)23-11-9-18(17-23)16-22(6-2)7-3/h18H,5-17H2,1-4H3,(H,20,21). The first-order chi connectivity index (χ1) is 12.2. The fourth-order valence-electron chi connectivity index (χ4n) is 3.16. The third-order valence-corrected chi connectivity index (χ3v) is 4.75. The summed E-state index contributed by atoms with van der Waals surface area (Å²) in [5, 5.41) is 3.42. The van der Waals surface area contributed by atoms with Crippen molar-refractivity contribution in [3.05, 3.63) is 0 Å². The molecule has 0 saturated carbocycles. The van der Waals surface area contributed by atoms with Crippen molar-refractivity contribution in [2.75, 3.05) is 72.7 Å². The zero-order valence-electron chi connectivity index (χ0n) is 16.9. The van der Waals surface area contributed by atoms with E-state index in [9.17, 15) is 0 Å². The van der Waals surface area contributed by atoms with Crippen molar-refractivity contribution in [2.45, 2.75) is 40.0 Å². The van der Waals surface area contributed by atoms with Gasteiger partial charge in [-0.3, -0.25) is 4.99 Å². The molecule has 0 spiro atoms.